The number of benzene rings is 1. The Morgan fingerprint density at radius 1 is 1.25 bits per heavy atom. The summed E-state index contributed by atoms with van der Waals surface area (Å²) in [4.78, 5) is 19.0. The summed E-state index contributed by atoms with van der Waals surface area (Å²) >= 11 is 0. The van der Waals surface area contributed by atoms with Gasteiger partial charge in [0.2, 0.25) is 5.89 Å². The summed E-state index contributed by atoms with van der Waals surface area (Å²) in [6.07, 6.45) is 1.63. The summed E-state index contributed by atoms with van der Waals surface area (Å²) < 4.78 is 45.7. The summed E-state index contributed by atoms with van der Waals surface area (Å²) in [6, 6.07) is 5.06. The topological polar surface area (TPSA) is 64.8 Å². The Bertz CT molecular complexity index is 901. The number of carbonyl (C=O) groups excluding carboxylic acids is 1. The first-order chi connectivity index (χ1) is 13.5. The molecule has 1 aromatic heterocycles. The molecule has 0 bridgehead atoms. The van der Waals surface area contributed by atoms with Crippen LogP contribution in [0.3, 0.4) is 0 Å². The maximum absolute atomic E-state index is 14.5. The number of oxazole rings is 1. The van der Waals surface area contributed by atoms with E-state index in [1.807, 2.05) is 0 Å². The highest BCUT2D eigenvalue weighted by Gasteiger charge is 2.59. The van der Waals surface area contributed by atoms with Gasteiger partial charge in [-0.3, -0.25) is 4.79 Å². The van der Waals surface area contributed by atoms with E-state index in [0.29, 0.717) is 35.8 Å². The van der Waals surface area contributed by atoms with Crippen LogP contribution in [0.25, 0.3) is 11.1 Å². The van der Waals surface area contributed by atoms with Crippen LogP contribution >= 0.6 is 0 Å². The molecule has 2 aromatic rings. The van der Waals surface area contributed by atoms with E-state index in [0.717, 1.165) is 12.8 Å². The summed E-state index contributed by atoms with van der Waals surface area (Å²) in [6.45, 7) is 1.04. The molecule has 4 heterocycles. The molecule has 150 valence electrons. The molecule has 0 saturated carbocycles. The van der Waals surface area contributed by atoms with Crippen molar-refractivity contribution in [2.45, 2.75) is 37.7 Å². The maximum atomic E-state index is 14.5. The SMILES string of the molecule is O=C(c1ccc2nc(C3CCCO3)oc2c1)N1CCC(F)(F)C2(CCOC2)C1. The highest BCUT2D eigenvalue weighted by molar-refractivity contribution is 5.97. The van der Waals surface area contributed by atoms with Crippen LogP contribution in [-0.2, 0) is 9.47 Å². The van der Waals surface area contributed by atoms with Gasteiger partial charge >= 0.3 is 0 Å². The fourth-order valence-electron chi connectivity index (χ4n) is 4.46. The predicted octanol–water partition coefficient (Wildman–Crippen LogP) is 3.57. The molecule has 1 amide bonds. The van der Waals surface area contributed by atoms with Crippen LogP contribution in [-0.4, -0.2) is 54.6 Å². The van der Waals surface area contributed by atoms with Crippen molar-refractivity contribution < 1.29 is 27.5 Å². The van der Waals surface area contributed by atoms with Crippen LogP contribution in [0.1, 0.15) is 48.0 Å². The largest absolute Gasteiger partial charge is 0.438 e. The van der Waals surface area contributed by atoms with E-state index in [1.165, 1.54) is 4.90 Å². The van der Waals surface area contributed by atoms with Crippen molar-refractivity contribution in [3.63, 3.8) is 0 Å². The minimum Gasteiger partial charge on any atom is -0.438 e. The van der Waals surface area contributed by atoms with Gasteiger partial charge < -0.3 is 18.8 Å². The second-order valence-electron chi connectivity index (χ2n) is 8.00. The van der Waals surface area contributed by atoms with Crippen LogP contribution in [0.5, 0.6) is 0 Å². The fraction of sp³-hybridized carbons (Fsp3) is 0.600. The van der Waals surface area contributed by atoms with E-state index in [-0.39, 0.29) is 44.5 Å². The van der Waals surface area contributed by atoms with Gasteiger partial charge in [-0.25, -0.2) is 13.8 Å². The third-order valence-corrected chi connectivity index (χ3v) is 6.21. The van der Waals surface area contributed by atoms with Crippen molar-refractivity contribution in [2.24, 2.45) is 5.41 Å². The lowest BCUT2D eigenvalue weighted by atomic mass is 9.75. The number of hydrogen-bond acceptors (Lipinski definition) is 5. The van der Waals surface area contributed by atoms with Crippen molar-refractivity contribution in [1.29, 1.82) is 0 Å². The standard InChI is InChI=1S/C20H22F2N2O4/c21-20(22)5-7-24(11-19(20)6-9-26-12-19)18(25)13-3-4-14-16(10-13)28-17(23-14)15-2-1-8-27-15/h3-4,10,15H,1-2,5-9,11-12H2. The first-order valence-electron chi connectivity index (χ1n) is 9.74. The van der Waals surface area contributed by atoms with Crippen LogP contribution < -0.4 is 0 Å². The minimum absolute atomic E-state index is 0.00430. The van der Waals surface area contributed by atoms with E-state index in [2.05, 4.69) is 4.98 Å². The molecule has 28 heavy (non-hydrogen) atoms. The van der Waals surface area contributed by atoms with Crippen LogP contribution in [0, 0.1) is 5.41 Å². The number of hydrogen-bond donors (Lipinski definition) is 0. The molecule has 5 rings (SSSR count). The van der Waals surface area contributed by atoms with E-state index >= 15 is 0 Å². The molecule has 6 nitrogen and oxygen atoms in total. The Kier molecular flexibility index (Phi) is 4.17. The highest BCUT2D eigenvalue weighted by atomic mass is 19.3. The average molecular weight is 392 g/mol. The number of amides is 1. The third kappa shape index (κ3) is 2.81. The monoisotopic (exact) mass is 392 g/mol. The molecular formula is C20H22F2N2O4. The molecule has 3 saturated heterocycles. The molecule has 3 aliphatic rings. The van der Waals surface area contributed by atoms with Crippen molar-refractivity contribution in [3.05, 3.63) is 29.7 Å². The van der Waals surface area contributed by atoms with Crippen molar-refractivity contribution in [1.82, 2.24) is 9.88 Å². The van der Waals surface area contributed by atoms with E-state index in [1.54, 1.807) is 18.2 Å². The van der Waals surface area contributed by atoms with Crippen LogP contribution in [0.2, 0.25) is 0 Å². The van der Waals surface area contributed by atoms with Gasteiger partial charge in [0.1, 0.15) is 11.6 Å². The molecule has 0 radical (unpaired) electrons. The number of piperidine rings is 1. The van der Waals surface area contributed by atoms with E-state index < -0.39 is 11.3 Å². The molecule has 2 atom stereocenters. The Morgan fingerprint density at radius 3 is 2.89 bits per heavy atom. The number of aromatic nitrogens is 1. The zero-order valence-corrected chi connectivity index (χ0v) is 15.5. The summed E-state index contributed by atoms with van der Waals surface area (Å²) in [7, 11) is 0. The number of carbonyl (C=O) groups is 1. The van der Waals surface area contributed by atoms with Gasteiger partial charge in [0.25, 0.3) is 11.8 Å². The fourth-order valence-corrected chi connectivity index (χ4v) is 4.46. The second-order valence-corrected chi connectivity index (χ2v) is 8.00. The van der Waals surface area contributed by atoms with Gasteiger partial charge in [-0.1, -0.05) is 0 Å². The van der Waals surface area contributed by atoms with Gasteiger partial charge in [0.05, 0.1) is 12.0 Å². The zero-order chi connectivity index (χ0) is 19.4. The molecule has 3 aliphatic heterocycles. The molecule has 2 unspecified atom stereocenters. The van der Waals surface area contributed by atoms with Crippen molar-refractivity contribution >= 4 is 17.0 Å². The lowest BCUT2D eigenvalue weighted by molar-refractivity contribution is -0.159. The Morgan fingerprint density at radius 2 is 2.14 bits per heavy atom. The second kappa shape index (κ2) is 6.49. The average Bonchev–Trinajstić information content (AvgIpc) is 3.43. The van der Waals surface area contributed by atoms with Crippen LogP contribution in [0.4, 0.5) is 8.78 Å². The number of alkyl halides is 2. The Balaban J connectivity index is 1.39. The number of rotatable bonds is 2. The quantitative estimate of drug-likeness (QED) is 0.782. The van der Waals surface area contributed by atoms with Gasteiger partial charge in [-0.05, 0) is 37.5 Å². The number of fused-ring (bicyclic) bond motifs is 1. The molecule has 3 fully saturated rings. The molecule has 1 aromatic carbocycles. The highest BCUT2D eigenvalue weighted by Crippen LogP contribution is 2.49. The van der Waals surface area contributed by atoms with E-state index in [4.69, 9.17) is 13.9 Å². The smallest absolute Gasteiger partial charge is 0.259 e. The van der Waals surface area contributed by atoms with Crippen molar-refractivity contribution in [3.8, 4) is 0 Å². The Labute approximate surface area is 160 Å². The van der Waals surface area contributed by atoms with E-state index in [9.17, 15) is 13.6 Å². The van der Waals surface area contributed by atoms with Gasteiger partial charge in [0.15, 0.2) is 5.58 Å². The molecule has 1 spiro atoms. The van der Waals surface area contributed by atoms with Crippen molar-refractivity contribution in [2.75, 3.05) is 32.9 Å². The molecular weight excluding hydrogens is 370 g/mol. The van der Waals surface area contributed by atoms with Gasteiger partial charge in [-0.2, -0.15) is 0 Å². The maximum Gasteiger partial charge on any atom is 0.259 e. The van der Waals surface area contributed by atoms with Crippen LogP contribution in [0.15, 0.2) is 22.6 Å². The number of ether oxygens (including phenoxy) is 2. The lowest BCUT2D eigenvalue weighted by Crippen LogP contribution is -2.57. The number of likely N-dealkylation sites (tertiary alicyclic amines) is 1. The molecule has 0 N–H and O–H groups in total. The lowest BCUT2D eigenvalue weighted by Gasteiger charge is -2.45. The predicted molar refractivity (Wildman–Crippen MR) is 95.3 cm³/mol. The zero-order valence-electron chi connectivity index (χ0n) is 15.5. The number of nitrogens with zero attached hydrogens (tertiary/aromatic N) is 2. The summed E-state index contributed by atoms with van der Waals surface area (Å²) in [5.74, 6) is -2.55. The Hall–Kier alpha value is -2.06. The molecule has 0 aliphatic carbocycles. The summed E-state index contributed by atoms with van der Waals surface area (Å²) in [5, 5.41) is 0. The minimum atomic E-state index is -2.81. The van der Waals surface area contributed by atoms with Gasteiger partial charge in [-0.15, -0.1) is 0 Å². The number of halogens is 2. The first-order valence-corrected chi connectivity index (χ1v) is 9.74. The third-order valence-electron chi connectivity index (χ3n) is 6.21. The van der Waals surface area contributed by atoms with Gasteiger partial charge in [0, 0.05) is 38.3 Å². The summed E-state index contributed by atoms with van der Waals surface area (Å²) in [5.41, 5.74) is 0.317. The first kappa shape index (κ1) is 18.0. The normalized spacial score (nSPS) is 29.8. The molecule has 8 heteroatoms.